The Labute approximate surface area is 161 Å². The van der Waals surface area contributed by atoms with E-state index in [-0.39, 0.29) is 23.8 Å². The summed E-state index contributed by atoms with van der Waals surface area (Å²) in [7, 11) is 1.47. The average molecular weight is 409 g/mol. The smallest absolute Gasteiger partial charge is 0.450 e. The van der Waals surface area contributed by atoms with Gasteiger partial charge >= 0.3 is 17.9 Å². The number of H-pyrrole nitrogens is 1. The average Bonchev–Trinajstić information content (AvgIpc) is 3.24. The Morgan fingerprint density at radius 2 is 2.00 bits per heavy atom. The third-order valence-corrected chi connectivity index (χ3v) is 4.52. The van der Waals surface area contributed by atoms with Crippen LogP contribution in [-0.2, 0) is 6.42 Å². The SMILES string of the molecule is COc1ccc(C2=NN(C3=NN=C(N)Cc4nc[nH][n+]43)[C@@](O)(C(F)(F)F)C2)cc1. The van der Waals surface area contributed by atoms with Crippen LogP contribution in [0.15, 0.2) is 45.9 Å². The number of ether oxygens (including phenoxy) is 1. The molecule has 0 bridgehead atoms. The number of halogens is 3. The molecule has 0 saturated heterocycles. The van der Waals surface area contributed by atoms with E-state index in [9.17, 15) is 18.3 Å². The number of nitrogens with one attached hydrogen (secondary N) is 1. The summed E-state index contributed by atoms with van der Waals surface area (Å²) < 4.78 is 47.9. The summed E-state index contributed by atoms with van der Waals surface area (Å²) in [6, 6.07) is 6.28. The zero-order valence-electron chi connectivity index (χ0n) is 15.1. The zero-order valence-corrected chi connectivity index (χ0v) is 15.1. The number of amidine groups is 1. The number of aromatic nitrogens is 3. The lowest BCUT2D eigenvalue weighted by atomic mass is 10.0. The first-order valence-corrected chi connectivity index (χ1v) is 8.39. The van der Waals surface area contributed by atoms with Gasteiger partial charge in [-0.25, -0.2) is 5.10 Å². The molecule has 0 saturated carbocycles. The molecule has 0 unspecified atom stereocenters. The number of aliphatic hydroxyl groups is 1. The summed E-state index contributed by atoms with van der Waals surface area (Å²) in [4.78, 5) is 4.01. The maximum absolute atomic E-state index is 13.9. The van der Waals surface area contributed by atoms with Gasteiger partial charge in [-0.2, -0.15) is 13.2 Å². The molecular formula is C16H16F3N8O2+. The number of rotatable bonds is 2. The lowest BCUT2D eigenvalue weighted by Gasteiger charge is -2.29. The number of hydrogen-bond donors (Lipinski definition) is 3. The van der Waals surface area contributed by atoms with Crippen molar-refractivity contribution in [3.8, 4) is 5.75 Å². The summed E-state index contributed by atoms with van der Waals surface area (Å²) in [5.41, 5.74) is 2.76. The Balaban J connectivity index is 1.83. The highest BCUT2D eigenvalue weighted by Crippen LogP contribution is 2.41. The van der Waals surface area contributed by atoms with Crippen LogP contribution < -0.4 is 15.2 Å². The van der Waals surface area contributed by atoms with Gasteiger partial charge in [0.05, 0.1) is 25.7 Å². The molecule has 0 radical (unpaired) electrons. The summed E-state index contributed by atoms with van der Waals surface area (Å²) in [6.45, 7) is 0. The van der Waals surface area contributed by atoms with Gasteiger partial charge in [0.2, 0.25) is 5.82 Å². The van der Waals surface area contributed by atoms with Crippen LogP contribution in [0.2, 0.25) is 0 Å². The highest BCUT2D eigenvalue weighted by atomic mass is 19.4. The first kappa shape index (κ1) is 18.9. The van der Waals surface area contributed by atoms with E-state index in [1.54, 1.807) is 24.3 Å². The Bertz CT molecular complexity index is 1030. The maximum Gasteiger partial charge on any atom is 0.450 e. The van der Waals surface area contributed by atoms with E-state index in [2.05, 4.69) is 25.4 Å². The van der Waals surface area contributed by atoms with Gasteiger partial charge in [-0.3, -0.25) is 0 Å². The van der Waals surface area contributed by atoms with E-state index >= 15 is 0 Å². The van der Waals surface area contributed by atoms with Crippen molar-refractivity contribution in [3.05, 3.63) is 42.0 Å². The van der Waals surface area contributed by atoms with Crippen molar-refractivity contribution in [3.63, 3.8) is 0 Å². The first-order valence-electron chi connectivity index (χ1n) is 8.39. The van der Waals surface area contributed by atoms with Crippen molar-refractivity contribution in [2.75, 3.05) is 7.11 Å². The third kappa shape index (κ3) is 3.08. The maximum atomic E-state index is 13.9. The molecule has 3 heterocycles. The van der Waals surface area contributed by atoms with Crippen LogP contribution in [0, 0.1) is 0 Å². The Hall–Kier alpha value is -3.48. The number of methoxy groups -OCH3 is 1. The fraction of sp³-hybridized carbons (Fsp3) is 0.312. The van der Waals surface area contributed by atoms with E-state index in [1.165, 1.54) is 13.4 Å². The van der Waals surface area contributed by atoms with Crippen molar-refractivity contribution in [2.24, 2.45) is 21.0 Å². The number of nitrogens with zero attached hydrogens (tertiary/aromatic N) is 6. The molecule has 2 aromatic rings. The van der Waals surface area contributed by atoms with Crippen LogP contribution in [0.4, 0.5) is 13.2 Å². The summed E-state index contributed by atoms with van der Waals surface area (Å²) >= 11 is 0. The second kappa shape index (κ2) is 6.55. The molecule has 0 aliphatic carbocycles. The molecule has 152 valence electrons. The monoisotopic (exact) mass is 409 g/mol. The Morgan fingerprint density at radius 1 is 1.28 bits per heavy atom. The molecule has 1 aromatic heterocycles. The van der Waals surface area contributed by atoms with Gasteiger partial charge in [-0.1, -0.05) is 5.10 Å². The standard InChI is InChI=1S/C16H15F3N8O2/c1-29-10-4-2-9(3-5-10)11-7-15(28,16(17,18)19)27(25-11)14-24-23-12(20)6-13-21-8-22-26(13)14/h2-5,8,28H,6-7H2,1H3,(H2,20,23)/p+1/t15-/m0/s1. The fourth-order valence-corrected chi connectivity index (χ4v) is 3.00. The Kier molecular flexibility index (Phi) is 4.26. The summed E-state index contributed by atoms with van der Waals surface area (Å²) in [5.74, 6) is 0.433. The highest BCUT2D eigenvalue weighted by Gasteiger charge is 2.66. The number of benzene rings is 1. The largest absolute Gasteiger partial charge is 0.497 e. The predicted molar refractivity (Wildman–Crippen MR) is 93.9 cm³/mol. The number of hydrogen-bond acceptors (Lipinski definition) is 8. The number of nitrogens with two attached hydrogens (primary N) is 1. The minimum Gasteiger partial charge on any atom is -0.497 e. The molecule has 0 amide bonds. The first-order chi connectivity index (χ1) is 13.7. The highest BCUT2D eigenvalue weighted by molar-refractivity contribution is 6.03. The number of fused-ring (bicyclic) bond motifs is 1. The zero-order chi connectivity index (χ0) is 20.8. The second-order valence-electron chi connectivity index (χ2n) is 6.39. The van der Waals surface area contributed by atoms with Crippen molar-refractivity contribution >= 4 is 17.5 Å². The van der Waals surface area contributed by atoms with Crippen LogP contribution in [0.25, 0.3) is 0 Å². The molecule has 2 aliphatic heterocycles. The summed E-state index contributed by atoms with van der Waals surface area (Å²) in [6.07, 6.45) is -4.54. The van der Waals surface area contributed by atoms with Crippen molar-refractivity contribution in [1.29, 1.82) is 0 Å². The molecule has 10 nitrogen and oxygen atoms in total. The van der Waals surface area contributed by atoms with E-state index in [0.717, 1.165) is 4.68 Å². The Morgan fingerprint density at radius 3 is 2.66 bits per heavy atom. The normalized spacial score (nSPS) is 21.8. The van der Waals surface area contributed by atoms with Gasteiger partial charge in [0.15, 0.2) is 6.33 Å². The number of hydrazone groups is 1. The van der Waals surface area contributed by atoms with Crippen LogP contribution in [0.5, 0.6) is 5.75 Å². The van der Waals surface area contributed by atoms with E-state index in [1.807, 2.05) is 0 Å². The van der Waals surface area contributed by atoms with E-state index in [4.69, 9.17) is 10.5 Å². The molecule has 0 spiro atoms. The van der Waals surface area contributed by atoms with E-state index in [0.29, 0.717) is 16.3 Å². The minimum atomic E-state index is -5.05. The fourth-order valence-electron chi connectivity index (χ4n) is 3.00. The minimum absolute atomic E-state index is 0.0121. The molecule has 0 fully saturated rings. The third-order valence-electron chi connectivity index (χ3n) is 4.52. The molecule has 2 aliphatic rings. The van der Waals surface area contributed by atoms with Gasteiger partial charge in [0.1, 0.15) is 11.6 Å². The number of alkyl halides is 3. The summed E-state index contributed by atoms with van der Waals surface area (Å²) in [5, 5.41) is 25.2. The molecule has 1 atom stereocenters. The second-order valence-corrected chi connectivity index (χ2v) is 6.39. The van der Waals surface area contributed by atoms with Gasteiger partial charge in [-0.15, -0.1) is 19.8 Å². The lowest BCUT2D eigenvalue weighted by Crippen LogP contribution is -2.65. The molecule has 4 rings (SSSR count). The van der Waals surface area contributed by atoms with Gasteiger partial charge in [-0.05, 0) is 29.8 Å². The van der Waals surface area contributed by atoms with Crippen LogP contribution in [0.3, 0.4) is 0 Å². The van der Waals surface area contributed by atoms with Crippen LogP contribution in [0.1, 0.15) is 17.8 Å². The van der Waals surface area contributed by atoms with Crippen molar-refractivity contribution in [1.82, 2.24) is 15.1 Å². The molecule has 29 heavy (non-hydrogen) atoms. The molecule has 4 N–H and O–H groups in total. The van der Waals surface area contributed by atoms with Crippen LogP contribution in [-0.4, -0.2) is 56.7 Å². The van der Waals surface area contributed by atoms with Crippen LogP contribution >= 0.6 is 0 Å². The van der Waals surface area contributed by atoms with Crippen molar-refractivity contribution < 1.29 is 27.7 Å². The predicted octanol–water partition coefficient (Wildman–Crippen LogP) is 0.0991. The van der Waals surface area contributed by atoms with Gasteiger partial charge < -0.3 is 15.6 Å². The molecular weight excluding hydrogens is 393 g/mol. The van der Waals surface area contributed by atoms with Crippen molar-refractivity contribution in [2.45, 2.75) is 24.7 Å². The van der Waals surface area contributed by atoms with Gasteiger partial charge in [0.25, 0.3) is 0 Å². The topological polar surface area (TPSA) is 128 Å². The number of aromatic amines is 1. The van der Waals surface area contributed by atoms with E-state index < -0.39 is 24.3 Å². The quantitative estimate of drug-likeness (QED) is 0.606. The van der Waals surface area contributed by atoms with Gasteiger partial charge in [0, 0.05) is 5.10 Å². The molecule has 1 aromatic carbocycles. The molecule has 13 heteroatoms. The lowest BCUT2D eigenvalue weighted by molar-refractivity contribution is -0.637.